The zero-order chi connectivity index (χ0) is 14.9. The number of hydrogen-bond acceptors (Lipinski definition) is 4. The fourth-order valence-corrected chi connectivity index (χ4v) is 3.85. The van der Waals surface area contributed by atoms with E-state index in [1.54, 1.807) is 6.20 Å². The molecule has 1 spiro atoms. The van der Waals surface area contributed by atoms with Gasteiger partial charge in [-0.25, -0.2) is 0 Å². The maximum atomic E-state index is 11.7. The number of carbonyl (C=O) groups is 1. The van der Waals surface area contributed by atoms with Gasteiger partial charge in [-0.05, 0) is 44.6 Å². The van der Waals surface area contributed by atoms with Crippen LogP contribution < -0.4 is 0 Å². The predicted octanol–water partition coefficient (Wildman–Crippen LogP) is 1.31. The number of carboxylic acid groups (broad SMARTS) is 1. The first-order valence-electron chi connectivity index (χ1n) is 7.62. The van der Waals surface area contributed by atoms with Crippen molar-refractivity contribution in [3.05, 3.63) is 30.1 Å². The highest BCUT2D eigenvalue weighted by Crippen LogP contribution is 2.45. The fourth-order valence-electron chi connectivity index (χ4n) is 3.85. The van der Waals surface area contributed by atoms with Crippen molar-refractivity contribution in [1.29, 1.82) is 0 Å². The molecule has 2 aliphatic heterocycles. The first kappa shape index (κ1) is 14.5. The summed E-state index contributed by atoms with van der Waals surface area (Å²) in [5, 5.41) is 9.63. The van der Waals surface area contributed by atoms with Gasteiger partial charge in [0, 0.05) is 37.4 Å². The van der Waals surface area contributed by atoms with Gasteiger partial charge >= 0.3 is 5.97 Å². The van der Waals surface area contributed by atoms with Crippen LogP contribution in [0.1, 0.15) is 18.4 Å². The minimum Gasteiger partial charge on any atom is -0.481 e. The number of pyridine rings is 1. The molecule has 0 aromatic carbocycles. The van der Waals surface area contributed by atoms with Crippen LogP contribution in [0.4, 0.5) is 0 Å². The van der Waals surface area contributed by atoms with E-state index in [9.17, 15) is 9.90 Å². The third-order valence-corrected chi connectivity index (χ3v) is 5.13. The highest BCUT2D eigenvalue weighted by molar-refractivity contribution is 5.72. The Balaban J connectivity index is 1.74. The first-order valence-corrected chi connectivity index (χ1v) is 7.62. The number of aromatic nitrogens is 1. The van der Waals surface area contributed by atoms with Gasteiger partial charge in [0.15, 0.2) is 0 Å². The Hall–Kier alpha value is -1.46. The van der Waals surface area contributed by atoms with E-state index < -0.39 is 5.97 Å². The van der Waals surface area contributed by atoms with Gasteiger partial charge in [-0.15, -0.1) is 0 Å². The monoisotopic (exact) mass is 289 g/mol. The van der Waals surface area contributed by atoms with E-state index in [0.717, 1.165) is 44.6 Å². The van der Waals surface area contributed by atoms with Crippen molar-refractivity contribution >= 4 is 5.97 Å². The van der Waals surface area contributed by atoms with Gasteiger partial charge in [0.1, 0.15) is 0 Å². The average molecular weight is 289 g/mol. The van der Waals surface area contributed by atoms with Crippen molar-refractivity contribution in [2.75, 3.05) is 33.2 Å². The predicted molar refractivity (Wildman–Crippen MR) is 79.8 cm³/mol. The molecule has 2 saturated heterocycles. The molecular formula is C16H23N3O2. The summed E-state index contributed by atoms with van der Waals surface area (Å²) < 4.78 is 0. The SMILES string of the molecule is CN1CCC2(CC1)CN(Cc1cccnc1)C[C@H]2C(=O)O. The molecule has 1 N–H and O–H groups in total. The summed E-state index contributed by atoms with van der Waals surface area (Å²) in [6.07, 6.45) is 5.62. The molecule has 2 aliphatic rings. The Labute approximate surface area is 125 Å². The topological polar surface area (TPSA) is 56.7 Å². The van der Waals surface area contributed by atoms with Gasteiger partial charge in [-0.2, -0.15) is 0 Å². The van der Waals surface area contributed by atoms with Crippen molar-refractivity contribution in [2.45, 2.75) is 19.4 Å². The zero-order valence-electron chi connectivity index (χ0n) is 12.5. The highest BCUT2D eigenvalue weighted by atomic mass is 16.4. The highest BCUT2D eigenvalue weighted by Gasteiger charge is 2.50. The average Bonchev–Trinajstić information content (AvgIpc) is 2.82. The fraction of sp³-hybridized carbons (Fsp3) is 0.625. The van der Waals surface area contributed by atoms with Gasteiger partial charge in [0.25, 0.3) is 0 Å². The molecule has 1 aromatic heterocycles. The Bertz CT molecular complexity index is 498. The van der Waals surface area contributed by atoms with Gasteiger partial charge in [0.05, 0.1) is 5.92 Å². The summed E-state index contributed by atoms with van der Waals surface area (Å²) in [7, 11) is 2.12. The Morgan fingerprint density at radius 3 is 2.86 bits per heavy atom. The van der Waals surface area contributed by atoms with Crippen molar-refractivity contribution in [1.82, 2.24) is 14.8 Å². The minimum atomic E-state index is -0.631. The van der Waals surface area contributed by atoms with Crippen LogP contribution in [0.3, 0.4) is 0 Å². The zero-order valence-corrected chi connectivity index (χ0v) is 12.5. The Kier molecular flexibility index (Phi) is 3.95. The van der Waals surface area contributed by atoms with E-state index in [2.05, 4.69) is 27.9 Å². The second-order valence-corrected chi connectivity index (χ2v) is 6.59. The Morgan fingerprint density at radius 2 is 2.24 bits per heavy atom. The summed E-state index contributed by atoms with van der Waals surface area (Å²) in [4.78, 5) is 20.4. The molecule has 21 heavy (non-hydrogen) atoms. The normalized spacial score (nSPS) is 26.2. The molecule has 0 amide bonds. The van der Waals surface area contributed by atoms with Gasteiger partial charge in [0.2, 0.25) is 0 Å². The number of nitrogens with zero attached hydrogens (tertiary/aromatic N) is 3. The standard InChI is InChI=1S/C16H23N3O2/c1-18-7-4-16(5-8-18)12-19(11-14(16)15(20)21)10-13-3-2-6-17-9-13/h2-3,6,9,14H,4-5,7-8,10-12H2,1H3,(H,20,21)/t14-/m0/s1. The third-order valence-electron chi connectivity index (χ3n) is 5.13. The second-order valence-electron chi connectivity index (χ2n) is 6.59. The van der Waals surface area contributed by atoms with Gasteiger partial charge in [-0.3, -0.25) is 14.7 Å². The molecule has 3 heterocycles. The third kappa shape index (κ3) is 2.94. The molecule has 114 valence electrons. The molecule has 0 saturated carbocycles. The summed E-state index contributed by atoms with van der Waals surface area (Å²) >= 11 is 0. The molecule has 5 nitrogen and oxygen atoms in total. The molecule has 0 bridgehead atoms. The number of carboxylic acids is 1. The van der Waals surface area contributed by atoms with Crippen LogP contribution in [0, 0.1) is 11.3 Å². The Morgan fingerprint density at radius 1 is 1.48 bits per heavy atom. The summed E-state index contributed by atoms with van der Waals surface area (Å²) in [6, 6.07) is 3.99. The molecular weight excluding hydrogens is 266 g/mol. The molecule has 0 unspecified atom stereocenters. The number of rotatable bonds is 3. The number of aliphatic carboxylic acids is 1. The first-order chi connectivity index (χ1) is 10.1. The lowest BCUT2D eigenvalue weighted by molar-refractivity contribution is -0.145. The maximum absolute atomic E-state index is 11.7. The molecule has 1 aromatic rings. The van der Waals surface area contributed by atoms with E-state index in [-0.39, 0.29) is 11.3 Å². The molecule has 5 heteroatoms. The number of likely N-dealkylation sites (tertiary alicyclic amines) is 2. The maximum Gasteiger partial charge on any atom is 0.308 e. The molecule has 2 fully saturated rings. The quantitative estimate of drug-likeness (QED) is 0.909. The molecule has 0 radical (unpaired) electrons. The van der Waals surface area contributed by atoms with E-state index in [0.29, 0.717) is 6.54 Å². The molecule has 1 atom stereocenters. The van der Waals surface area contributed by atoms with Gasteiger partial charge in [-0.1, -0.05) is 6.07 Å². The van der Waals surface area contributed by atoms with Crippen molar-refractivity contribution in [3.8, 4) is 0 Å². The van der Waals surface area contributed by atoms with Crippen LogP contribution in [-0.4, -0.2) is 59.1 Å². The van der Waals surface area contributed by atoms with E-state index in [4.69, 9.17) is 0 Å². The molecule has 0 aliphatic carbocycles. The van der Waals surface area contributed by atoms with E-state index in [1.165, 1.54) is 0 Å². The van der Waals surface area contributed by atoms with Crippen LogP contribution in [0.25, 0.3) is 0 Å². The number of hydrogen-bond donors (Lipinski definition) is 1. The smallest absolute Gasteiger partial charge is 0.308 e. The minimum absolute atomic E-state index is 0.0411. The van der Waals surface area contributed by atoms with Crippen molar-refractivity contribution in [2.24, 2.45) is 11.3 Å². The van der Waals surface area contributed by atoms with Gasteiger partial charge < -0.3 is 10.0 Å². The lowest BCUT2D eigenvalue weighted by Crippen LogP contribution is -2.44. The van der Waals surface area contributed by atoms with Crippen molar-refractivity contribution < 1.29 is 9.90 Å². The van der Waals surface area contributed by atoms with Crippen LogP contribution in [0.15, 0.2) is 24.5 Å². The van der Waals surface area contributed by atoms with Crippen molar-refractivity contribution in [3.63, 3.8) is 0 Å². The van der Waals surface area contributed by atoms with Crippen LogP contribution >= 0.6 is 0 Å². The second kappa shape index (κ2) is 5.73. The van der Waals surface area contributed by atoms with Crippen LogP contribution in [-0.2, 0) is 11.3 Å². The summed E-state index contributed by atoms with van der Waals surface area (Å²) in [6.45, 7) is 4.37. The lowest BCUT2D eigenvalue weighted by atomic mass is 9.71. The number of piperidine rings is 1. The lowest BCUT2D eigenvalue weighted by Gasteiger charge is -2.40. The summed E-state index contributed by atoms with van der Waals surface area (Å²) in [5.74, 6) is -0.865. The van der Waals surface area contributed by atoms with Crippen LogP contribution in [0.2, 0.25) is 0 Å². The van der Waals surface area contributed by atoms with E-state index in [1.807, 2.05) is 12.3 Å². The largest absolute Gasteiger partial charge is 0.481 e. The summed E-state index contributed by atoms with van der Waals surface area (Å²) in [5.41, 5.74) is 1.12. The van der Waals surface area contributed by atoms with E-state index >= 15 is 0 Å². The van der Waals surface area contributed by atoms with Crippen LogP contribution in [0.5, 0.6) is 0 Å². The molecule has 3 rings (SSSR count).